The summed E-state index contributed by atoms with van der Waals surface area (Å²) in [5.41, 5.74) is 0. The third-order valence-corrected chi connectivity index (χ3v) is 7.36. The van der Waals surface area contributed by atoms with Crippen LogP contribution in [0, 0.1) is 11.7 Å². The summed E-state index contributed by atoms with van der Waals surface area (Å²) in [6, 6.07) is 4.90. The van der Waals surface area contributed by atoms with E-state index in [4.69, 9.17) is 0 Å². The summed E-state index contributed by atoms with van der Waals surface area (Å²) in [5, 5.41) is 0. The van der Waals surface area contributed by atoms with E-state index in [1.807, 2.05) is 4.90 Å². The number of amides is 1. The Labute approximate surface area is 155 Å². The molecule has 2 aliphatic rings. The molecule has 0 spiro atoms. The molecular weight excluding hydrogens is 355 g/mol. The van der Waals surface area contributed by atoms with Gasteiger partial charge >= 0.3 is 0 Å². The van der Waals surface area contributed by atoms with Gasteiger partial charge in [-0.3, -0.25) is 4.79 Å². The Hall–Kier alpha value is -1.47. The highest BCUT2D eigenvalue weighted by molar-refractivity contribution is 7.89. The Morgan fingerprint density at radius 3 is 2.35 bits per heavy atom. The van der Waals surface area contributed by atoms with Gasteiger partial charge in [-0.2, -0.15) is 4.31 Å². The van der Waals surface area contributed by atoms with E-state index in [1.54, 1.807) is 0 Å². The van der Waals surface area contributed by atoms with Crippen LogP contribution in [0.4, 0.5) is 4.39 Å². The van der Waals surface area contributed by atoms with Gasteiger partial charge in [0.05, 0.1) is 4.90 Å². The lowest BCUT2D eigenvalue weighted by Crippen LogP contribution is -2.38. The Kier molecular flexibility index (Phi) is 6.29. The zero-order valence-corrected chi connectivity index (χ0v) is 15.9. The summed E-state index contributed by atoms with van der Waals surface area (Å²) in [7, 11) is -3.65. The number of hydrogen-bond acceptors (Lipinski definition) is 3. The summed E-state index contributed by atoms with van der Waals surface area (Å²) in [6.45, 7) is 1.69. The molecule has 0 unspecified atom stereocenters. The van der Waals surface area contributed by atoms with Gasteiger partial charge in [0.15, 0.2) is 0 Å². The van der Waals surface area contributed by atoms with Gasteiger partial charge in [0.25, 0.3) is 0 Å². The molecule has 0 radical (unpaired) electrons. The number of rotatable bonds is 4. The minimum atomic E-state index is -3.65. The van der Waals surface area contributed by atoms with Gasteiger partial charge in [-0.15, -0.1) is 0 Å². The van der Waals surface area contributed by atoms with Crippen molar-refractivity contribution in [2.75, 3.05) is 26.2 Å². The van der Waals surface area contributed by atoms with E-state index in [1.165, 1.54) is 35.7 Å². The maximum absolute atomic E-state index is 13.1. The fourth-order valence-corrected chi connectivity index (χ4v) is 5.38. The average molecular weight is 383 g/mol. The molecule has 144 valence electrons. The lowest BCUT2D eigenvalue weighted by Gasteiger charge is -2.26. The topological polar surface area (TPSA) is 57.7 Å². The van der Waals surface area contributed by atoms with Crippen LogP contribution in [0.1, 0.15) is 44.9 Å². The molecule has 1 aromatic rings. The molecule has 3 rings (SSSR count). The van der Waals surface area contributed by atoms with Crippen LogP contribution in [0.15, 0.2) is 29.2 Å². The lowest BCUT2D eigenvalue weighted by molar-refractivity contribution is -0.132. The van der Waals surface area contributed by atoms with Crippen LogP contribution in [0.5, 0.6) is 0 Å². The third-order valence-electron chi connectivity index (χ3n) is 5.45. The van der Waals surface area contributed by atoms with E-state index in [0.29, 0.717) is 38.4 Å². The summed E-state index contributed by atoms with van der Waals surface area (Å²) in [5.74, 6) is 0.177. The molecule has 0 atom stereocenters. The molecule has 1 aliphatic carbocycles. The fourth-order valence-electron chi connectivity index (χ4n) is 3.91. The van der Waals surface area contributed by atoms with Crippen molar-refractivity contribution in [3.63, 3.8) is 0 Å². The second-order valence-corrected chi connectivity index (χ2v) is 9.24. The van der Waals surface area contributed by atoms with Crippen LogP contribution in [0.2, 0.25) is 0 Å². The molecule has 1 heterocycles. The first kappa shape index (κ1) is 19.3. The summed E-state index contributed by atoms with van der Waals surface area (Å²) < 4.78 is 40.0. The van der Waals surface area contributed by atoms with Crippen molar-refractivity contribution in [1.82, 2.24) is 9.21 Å². The van der Waals surface area contributed by atoms with E-state index in [9.17, 15) is 17.6 Å². The van der Waals surface area contributed by atoms with Crippen LogP contribution in [0.3, 0.4) is 0 Å². The zero-order valence-electron chi connectivity index (χ0n) is 15.1. The molecule has 7 heteroatoms. The molecule has 1 saturated carbocycles. The van der Waals surface area contributed by atoms with Crippen molar-refractivity contribution < 1.29 is 17.6 Å². The van der Waals surface area contributed by atoms with Gasteiger partial charge in [0.1, 0.15) is 5.82 Å². The first-order valence-corrected chi connectivity index (χ1v) is 10.9. The van der Waals surface area contributed by atoms with Crippen LogP contribution in [0.25, 0.3) is 0 Å². The van der Waals surface area contributed by atoms with Crippen LogP contribution in [-0.2, 0) is 14.8 Å². The van der Waals surface area contributed by atoms with Crippen LogP contribution < -0.4 is 0 Å². The molecule has 0 aromatic heterocycles. The highest BCUT2D eigenvalue weighted by atomic mass is 32.2. The highest BCUT2D eigenvalue weighted by Gasteiger charge is 2.29. The normalized spacial score (nSPS) is 20.7. The number of benzene rings is 1. The first-order valence-electron chi connectivity index (χ1n) is 9.50. The average Bonchev–Trinajstić information content (AvgIpc) is 2.90. The van der Waals surface area contributed by atoms with E-state index in [2.05, 4.69) is 0 Å². The monoisotopic (exact) mass is 382 g/mol. The van der Waals surface area contributed by atoms with Crippen molar-refractivity contribution in [3.8, 4) is 0 Å². The lowest BCUT2D eigenvalue weighted by atomic mass is 9.86. The van der Waals surface area contributed by atoms with Gasteiger partial charge in [0.2, 0.25) is 15.9 Å². The second kappa shape index (κ2) is 8.48. The number of nitrogens with zero attached hydrogens (tertiary/aromatic N) is 2. The predicted octanol–water partition coefficient (Wildman–Crippen LogP) is 3.02. The molecule has 2 fully saturated rings. The van der Waals surface area contributed by atoms with Crippen molar-refractivity contribution in [3.05, 3.63) is 30.1 Å². The quantitative estimate of drug-likeness (QED) is 0.804. The van der Waals surface area contributed by atoms with E-state index in [-0.39, 0.29) is 17.3 Å². The van der Waals surface area contributed by atoms with E-state index >= 15 is 0 Å². The largest absolute Gasteiger partial charge is 0.341 e. The Bertz CT molecular complexity index is 715. The van der Waals surface area contributed by atoms with Gasteiger partial charge in [-0.1, -0.05) is 19.3 Å². The van der Waals surface area contributed by atoms with Crippen molar-refractivity contribution in [2.24, 2.45) is 5.92 Å². The maximum atomic E-state index is 13.1. The third kappa shape index (κ3) is 4.62. The number of hydrogen-bond donors (Lipinski definition) is 0. The number of sulfonamides is 1. The highest BCUT2D eigenvalue weighted by Crippen LogP contribution is 2.27. The Morgan fingerprint density at radius 2 is 1.65 bits per heavy atom. The smallest absolute Gasteiger partial charge is 0.243 e. The van der Waals surface area contributed by atoms with Crippen molar-refractivity contribution in [2.45, 2.75) is 49.8 Å². The number of carbonyl (C=O) groups is 1. The van der Waals surface area contributed by atoms with Crippen LogP contribution in [-0.4, -0.2) is 49.7 Å². The van der Waals surface area contributed by atoms with Crippen LogP contribution >= 0.6 is 0 Å². The van der Waals surface area contributed by atoms with Gasteiger partial charge in [-0.05, 0) is 49.4 Å². The molecule has 0 N–H and O–H groups in total. The number of carbonyl (C=O) groups excluding carboxylic acids is 1. The standard InChI is InChI=1S/C19H27FN2O3S/c20-17-7-9-18(10-8-17)26(24,25)22-12-4-11-21(13-14-22)19(23)15-16-5-2-1-3-6-16/h7-10,16H,1-6,11-15H2. The molecule has 1 aromatic carbocycles. The van der Waals surface area contributed by atoms with E-state index in [0.717, 1.165) is 25.0 Å². The Morgan fingerprint density at radius 1 is 0.962 bits per heavy atom. The first-order chi connectivity index (χ1) is 12.5. The minimum Gasteiger partial charge on any atom is -0.341 e. The molecule has 1 amide bonds. The molecular formula is C19H27FN2O3S. The van der Waals surface area contributed by atoms with Gasteiger partial charge < -0.3 is 4.90 Å². The Balaban J connectivity index is 1.60. The molecule has 5 nitrogen and oxygen atoms in total. The maximum Gasteiger partial charge on any atom is 0.243 e. The van der Waals surface area contributed by atoms with Crippen molar-refractivity contribution in [1.29, 1.82) is 0 Å². The van der Waals surface area contributed by atoms with Crippen molar-refractivity contribution >= 4 is 15.9 Å². The summed E-state index contributed by atoms with van der Waals surface area (Å²) >= 11 is 0. The van der Waals surface area contributed by atoms with Gasteiger partial charge in [0, 0.05) is 32.6 Å². The molecule has 0 bridgehead atoms. The fraction of sp³-hybridized carbons (Fsp3) is 0.632. The number of halogens is 1. The molecule has 26 heavy (non-hydrogen) atoms. The summed E-state index contributed by atoms with van der Waals surface area (Å²) in [4.78, 5) is 14.5. The van der Waals surface area contributed by atoms with E-state index < -0.39 is 15.8 Å². The minimum absolute atomic E-state index is 0.0980. The summed E-state index contributed by atoms with van der Waals surface area (Å²) in [6.07, 6.45) is 7.16. The second-order valence-electron chi connectivity index (χ2n) is 7.30. The molecule has 1 saturated heterocycles. The zero-order chi connectivity index (χ0) is 18.6. The SMILES string of the molecule is O=C(CC1CCCCC1)N1CCCN(S(=O)(=O)c2ccc(F)cc2)CC1. The molecule has 1 aliphatic heterocycles. The predicted molar refractivity (Wildman–Crippen MR) is 97.5 cm³/mol. The van der Waals surface area contributed by atoms with Gasteiger partial charge in [-0.25, -0.2) is 12.8 Å².